The number of carbonyl (C=O) groups is 1. The van der Waals surface area contributed by atoms with Gasteiger partial charge in [0.05, 0.1) is 7.11 Å². The Balaban J connectivity index is 1.83. The second-order valence-corrected chi connectivity index (χ2v) is 6.65. The third-order valence-corrected chi connectivity index (χ3v) is 3.76. The molecule has 24 heavy (non-hydrogen) atoms. The molecule has 0 aliphatic carbocycles. The van der Waals surface area contributed by atoms with Crippen molar-refractivity contribution in [3.05, 3.63) is 59.7 Å². The molecule has 1 N–H and O–H groups in total. The van der Waals surface area contributed by atoms with Crippen molar-refractivity contribution in [2.75, 3.05) is 13.7 Å². The van der Waals surface area contributed by atoms with Crippen molar-refractivity contribution in [3.63, 3.8) is 0 Å². The SMILES string of the molecule is COc1ccccc1CNC(=O)COc1ccc(C(C)(C)C)cc1. The van der Waals surface area contributed by atoms with E-state index in [1.165, 1.54) is 5.56 Å². The summed E-state index contributed by atoms with van der Waals surface area (Å²) in [5, 5.41) is 2.84. The van der Waals surface area contributed by atoms with Crippen molar-refractivity contribution in [2.24, 2.45) is 0 Å². The highest BCUT2D eigenvalue weighted by atomic mass is 16.5. The Morgan fingerprint density at radius 2 is 1.71 bits per heavy atom. The van der Waals surface area contributed by atoms with Gasteiger partial charge in [-0.25, -0.2) is 0 Å². The molecule has 0 aromatic heterocycles. The normalized spacial score (nSPS) is 11.0. The van der Waals surface area contributed by atoms with Gasteiger partial charge in [-0.3, -0.25) is 4.79 Å². The molecule has 2 aromatic rings. The van der Waals surface area contributed by atoms with E-state index in [0.29, 0.717) is 12.3 Å². The minimum absolute atomic E-state index is 0.00991. The van der Waals surface area contributed by atoms with E-state index in [4.69, 9.17) is 9.47 Å². The zero-order chi connectivity index (χ0) is 17.6. The van der Waals surface area contributed by atoms with Crippen LogP contribution in [0.1, 0.15) is 31.9 Å². The summed E-state index contributed by atoms with van der Waals surface area (Å²) in [6.45, 7) is 6.88. The van der Waals surface area contributed by atoms with Gasteiger partial charge in [0, 0.05) is 12.1 Å². The molecule has 0 unspecified atom stereocenters. The summed E-state index contributed by atoms with van der Waals surface area (Å²) >= 11 is 0. The largest absolute Gasteiger partial charge is 0.496 e. The van der Waals surface area contributed by atoms with E-state index in [1.807, 2.05) is 48.5 Å². The minimum atomic E-state index is -0.166. The first-order valence-corrected chi connectivity index (χ1v) is 8.02. The highest BCUT2D eigenvalue weighted by molar-refractivity contribution is 5.77. The number of hydrogen-bond acceptors (Lipinski definition) is 3. The Hall–Kier alpha value is -2.49. The molecule has 2 aromatic carbocycles. The number of rotatable bonds is 6. The highest BCUT2D eigenvalue weighted by Crippen LogP contribution is 2.24. The first-order valence-electron chi connectivity index (χ1n) is 8.02. The molecule has 0 aliphatic rings. The van der Waals surface area contributed by atoms with Crippen molar-refractivity contribution in [1.82, 2.24) is 5.32 Å². The van der Waals surface area contributed by atoms with E-state index >= 15 is 0 Å². The van der Waals surface area contributed by atoms with Gasteiger partial charge in [-0.2, -0.15) is 0 Å². The van der Waals surface area contributed by atoms with Gasteiger partial charge < -0.3 is 14.8 Å². The molecule has 2 rings (SSSR count). The van der Waals surface area contributed by atoms with E-state index in [2.05, 4.69) is 26.1 Å². The molecule has 0 atom stereocenters. The molecule has 0 radical (unpaired) electrons. The van der Waals surface area contributed by atoms with Crippen LogP contribution in [0.5, 0.6) is 11.5 Å². The van der Waals surface area contributed by atoms with Gasteiger partial charge in [0.1, 0.15) is 11.5 Å². The number of ether oxygens (including phenoxy) is 2. The van der Waals surface area contributed by atoms with E-state index in [1.54, 1.807) is 7.11 Å². The number of hydrogen-bond donors (Lipinski definition) is 1. The Kier molecular flexibility index (Phi) is 5.85. The van der Waals surface area contributed by atoms with Crippen molar-refractivity contribution in [1.29, 1.82) is 0 Å². The number of methoxy groups -OCH3 is 1. The van der Waals surface area contributed by atoms with Crippen LogP contribution in [0.4, 0.5) is 0 Å². The van der Waals surface area contributed by atoms with Crippen LogP contribution < -0.4 is 14.8 Å². The van der Waals surface area contributed by atoms with Crippen LogP contribution in [0, 0.1) is 0 Å². The fourth-order valence-electron chi connectivity index (χ4n) is 2.29. The quantitative estimate of drug-likeness (QED) is 0.880. The Labute approximate surface area is 143 Å². The summed E-state index contributed by atoms with van der Waals surface area (Å²) in [4.78, 5) is 11.9. The molecule has 0 heterocycles. The topological polar surface area (TPSA) is 47.6 Å². The molecule has 4 nitrogen and oxygen atoms in total. The Morgan fingerprint density at radius 3 is 2.33 bits per heavy atom. The number of para-hydroxylation sites is 1. The van der Waals surface area contributed by atoms with Crippen molar-refractivity contribution in [3.8, 4) is 11.5 Å². The first-order chi connectivity index (χ1) is 11.4. The summed E-state index contributed by atoms with van der Waals surface area (Å²) in [7, 11) is 1.62. The summed E-state index contributed by atoms with van der Waals surface area (Å²) in [6.07, 6.45) is 0. The zero-order valence-corrected chi connectivity index (χ0v) is 14.8. The highest BCUT2D eigenvalue weighted by Gasteiger charge is 2.13. The van der Waals surface area contributed by atoms with Gasteiger partial charge in [-0.1, -0.05) is 51.1 Å². The van der Waals surface area contributed by atoms with Gasteiger partial charge in [0.25, 0.3) is 5.91 Å². The molecule has 128 valence electrons. The van der Waals surface area contributed by atoms with Crippen LogP contribution >= 0.6 is 0 Å². The molecule has 0 aliphatic heterocycles. The third-order valence-electron chi connectivity index (χ3n) is 3.76. The number of amides is 1. The molecule has 0 bridgehead atoms. The smallest absolute Gasteiger partial charge is 0.258 e. The lowest BCUT2D eigenvalue weighted by atomic mass is 9.87. The van der Waals surface area contributed by atoms with Crippen LogP contribution in [0.25, 0.3) is 0 Å². The predicted octanol–water partition coefficient (Wildman–Crippen LogP) is 3.69. The average Bonchev–Trinajstić information content (AvgIpc) is 2.58. The number of carbonyl (C=O) groups excluding carboxylic acids is 1. The second kappa shape index (κ2) is 7.86. The molecular weight excluding hydrogens is 302 g/mol. The molecular formula is C20H25NO3. The summed E-state index contributed by atoms with van der Waals surface area (Å²) in [5.41, 5.74) is 2.27. The molecule has 1 amide bonds. The van der Waals surface area contributed by atoms with Crippen LogP contribution in [0.3, 0.4) is 0 Å². The standard InChI is InChI=1S/C20H25NO3/c1-20(2,3)16-9-11-17(12-10-16)24-14-19(22)21-13-15-7-5-6-8-18(15)23-4/h5-12H,13-14H2,1-4H3,(H,21,22). The minimum Gasteiger partial charge on any atom is -0.496 e. The van der Waals surface area contributed by atoms with Gasteiger partial charge >= 0.3 is 0 Å². The van der Waals surface area contributed by atoms with Crippen LogP contribution in [0.2, 0.25) is 0 Å². The van der Waals surface area contributed by atoms with E-state index in [9.17, 15) is 4.79 Å². The lowest BCUT2D eigenvalue weighted by Crippen LogP contribution is -2.28. The fraction of sp³-hybridized carbons (Fsp3) is 0.350. The maximum atomic E-state index is 11.9. The van der Waals surface area contributed by atoms with Crippen molar-refractivity contribution in [2.45, 2.75) is 32.7 Å². The maximum absolute atomic E-state index is 11.9. The summed E-state index contributed by atoms with van der Waals surface area (Å²) in [6, 6.07) is 15.5. The lowest BCUT2D eigenvalue weighted by molar-refractivity contribution is -0.123. The lowest BCUT2D eigenvalue weighted by Gasteiger charge is -2.19. The van der Waals surface area contributed by atoms with Crippen molar-refractivity contribution < 1.29 is 14.3 Å². The van der Waals surface area contributed by atoms with Gasteiger partial charge in [-0.05, 0) is 29.2 Å². The Bertz CT molecular complexity index is 672. The monoisotopic (exact) mass is 327 g/mol. The molecule has 0 fully saturated rings. The van der Waals surface area contributed by atoms with Gasteiger partial charge in [-0.15, -0.1) is 0 Å². The average molecular weight is 327 g/mol. The molecule has 0 saturated carbocycles. The van der Waals surface area contributed by atoms with Gasteiger partial charge in [0.2, 0.25) is 0 Å². The molecule has 0 saturated heterocycles. The summed E-state index contributed by atoms with van der Waals surface area (Å²) < 4.78 is 10.8. The van der Waals surface area contributed by atoms with Crippen molar-refractivity contribution >= 4 is 5.91 Å². The molecule has 4 heteroatoms. The Morgan fingerprint density at radius 1 is 1.04 bits per heavy atom. The molecule has 0 spiro atoms. The summed E-state index contributed by atoms with van der Waals surface area (Å²) in [5.74, 6) is 1.28. The van der Waals surface area contributed by atoms with Crippen LogP contribution in [-0.2, 0) is 16.8 Å². The fourth-order valence-corrected chi connectivity index (χ4v) is 2.29. The van der Waals surface area contributed by atoms with Crippen LogP contribution in [0.15, 0.2) is 48.5 Å². The third kappa shape index (κ3) is 5.01. The van der Waals surface area contributed by atoms with E-state index in [0.717, 1.165) is 11.3 Å². The van der Waals surface area contributed by atoms with E-state index < -0.39 is 0 Å². The van der Waals surface area contributed by atoms with Gasteiger partial charge in [0.15, 0.2) is 6.61 Å². The predicted molar refractivity (Wildman–Crippen MR) is 95.5 cm³/mol. The maximum Gasteiger partial charge on any atom is 0.258 e. The second-order valence-electron chi connectivity index (χ2n) is 6.65. The van der Waals surface area contributed by atoms with E-state index in [-0.39, 0.29) is 17.9 Å². The van der Waals surface area contributed by atoms with Crippen LogP contribution in [-0.4, -0.2) is 19.6 Å². The number of nitrogens with one attached hydrogen (secondary N) is 1. The number of benzene rings is 2. The first kappa shape index (κ1) is 17.9. The zero-order valence-electron chi connectivity index (χ0n) is 14.8.